The molecular weight excluding hydrogens is 222 g/mol. The van der Waals surface area contributed by atoms with E-state index in [0.29, 0.717) is 24.6 Å². The van der Waals surface area contributed by atoms with Gasteiger partial charge in [0.05, 0.1) is 11.5 Å². The van der Waals surface area contributed by atoms with Crippen molar-refractivity contribution in [1.29, 1.82) is 0 Å². The molecule has 6 nitrogen and oxygen atoms in total. The van der Waals surface area contributed by atoms with Gasteiger partial charge in [0.25, 0.3) is 0 Å². The second-order valence-electron chi connectivity index (χ2n) is 3.79. The molecule has 6 heteroatoms. The van der Waals surface area contributed by atoms with Crippen LogP contribution in [-0.2, 0) is 4.74 Å². The van der Waals surface area contributed by atoms with Crippen molar-refractivity contribution in [3.8, 4) is 0 Å². The van der Waals surface area contributed by atoms with E-state index in [1.807, 2.05) is 13.8 Å². The Balaban J connectivity index is 2.83. The summed E-state index contributed by atoms with van der Waals surface area (Å²) in [7, 11) is 0. The molecule has 0 aromatic carbocycles. The van der Waals surface area contributed by atoms with Gasteiger partial charge in [-0.2, -0.15) is 0 Å². The zero-order valence-electron chi connectivity index (χ0n) is 10.3. The van der Waals surface area contributed by atoms with Gasteiger partial charge in [0.2, 0.25) is 5.82 Å². The van der Waals surface area contributed by atoms with E-state index in [1.165, 1.54) is 0 Å². The summed E-state index contributed by atoms with van der Waals surface area (Å²) in [6.07, 6.45) is 1.55. The highest BCUT2D eigenvalue weighted by Crippen LogP contribution is 2.25. The van der Waals surface area contributed by atoms with Crippen LogP contribution in [-0.4, -0.2) is 29.2 Å². The number of nitrogens with one attached hydrogen (secondary N) is 1. The van der Waals surface area contributed by atoms with Gasteiger partial charge < -0.3 is 10.1 Å². The molecule has 0 aliphatic carbocycles. The third-order valence-corrected chi connectivity index (χ3v) is 2.26. The first-order valence-corrected chi connectivity index (χ1v) is 5.50. The molecular formula is C11H17N3O3. The summed E-state index contributed by atoms with van der Waals surface area (Å²) in [6.45, 7) is 6.60. The number of ether oxygens (including phenoxy) is 1. The van der Waals surface area contributed by atoms with Gasteiger partial charge in [0.15, 0.2) is 0 Å². The van der Waals surface area contributed by atoms with Gasteiger partial charge in [-0.1, -0.05) is 0 Å². The average Bonchev–Trinajstić information content (AvgIpc) is 2.25. The predicted octanol–water partition coefficient (Wildman–Crippen LogP) is 2.14. The molecule has 0 fully saturated rings. The molecule has 0 aliphatic heterocycles. The zero-order valence-corrected chi connectivity index (χ0v) is 10.3. The number of rotatable bonds is 6. The van der Waals surface area contributed by atoms with Crippen molar-refractivity contribution >= 4 is 11.5 Å². The van der Waals surface area contributed by atoms with Gasteiger partial charge in [-0.25, -0.2) is 4.98 Å². The first-order valence-electron chi connectivity index (χ1n) is 5.50. The van der Waals surface area contributed by atoms with Gasteiger partial charge in [-0.3, -0.25) is 10.1 Å². The molecule has 0 amide bonds. The third-order valence-electron chi connectivity index (χ3n) is 2.26. The van der Waals surface area contributed by atoms with E-state index >= 15 is 0 Å². The van der Waals surface area contributed by atoms with Gasteiger partial charge in [-0.15, -0.1) is 0 Å². The summed E-state index contributed by atoms with van der Waals surface area (Å²) in [5.74, 6) is 0.294. The molecule has 0 spiro atoms. The Morgan fingerprint density at radius 1 is 1.65 bits per heavy atom. The summed E-state index contributed by atoms with van der Waals surface area (Å²) in [4.78, 5) is 14.5. The Morgan fingerprint density at radius 2 is 2.35 bits per heavy atom. The van der Waals surface area contributed by atoms with Crippen molar-refractivity contribution in [3.05, 3.63) is 27.9 Å². The number of hydrogen-bond acceptors (Lipinski definition) is 5. The summed E-state index contributed by atoms with van der Waals surface area (Å²) in [5, 5.41) is 13.9. The lowest BCUT2D eigenvalue weighted by molar-refractivity contribution is -0.384. The van der Waals surface area contributed by atoms with Gasteiger partial charge in [0.1, 0.15) is 0 Å². The van der Waals surface area contributed by atoms with Crippen LogP contribution in [0.3, 0.4) is 0 Å². The maximum Gasteiger partial charge on any atom is 0.314 e. The van der Waals surface area contributed by atoms with Crippen LogP contribution < -0.4 is 5.32 Å². The van der Waals surface area contributed by atoms with Crippen LogP contribution in [0.5, 0.6) is 0 Å². The van der Waals surface area contributed by atoms with Gasteiger partial charge in [-0.05, 0) is 26.8 Å². The van der Waals surface area contributed by atoms with Gasteiger partial charge >= 0.3 is 5.69 Å². The third kappa shape index (κ3) is 3.67. The Morgan fingerprint density at radius 3 is 2.94 bits per heavy atom. The topological polar surface area (TPSA) is 77.3 Å². The number of anilines is 1. The van der Waals surface area contributed by atoms with E-state index in [1.54, 1.807) is 19.2 Å². The van der Waals surface area contributed by atoms with E-state index in [0.717, 1.165) is 0 Å². The minimum atomic E-state index is -0.419. The summed E-state index contributed by atoms with van der Waals surface area (Å²) < 4.78 is 5.24. The molecule has 1 atom stereocenters. The lowest BCUT2D eigenvalue weighted by atomic mass is 10.2. The minimum absolute atomic E-state index is 0.0239. The fourth-order valence-corrected chi connectivity index (χ4v) is 1.46. The molecule has 1 aromatic heterocycles. The highest BCUT2D eigenvalue weighted by molar-refractivity contribution is 5.60. The minimum Gasteiger partial charge on any atom is -0.380 e. The van der Waals surface area contributed by atoms with Crippen molar-refractivity contribution in [2.45, 2.75) is 26.8 Å². The smallest absolute Gasteiger partial charge is 0.314 e. The largest absolute Gasteiger partial charge is 0.380 e. The van der Waals surface area contributed by atoms with Crippen molar-refractivity contribution < 1.29 is 9.66 Å². The van der Waals surface area contributed by atoms with E-state index in [2.05, 4.69) is 10.3 Å². The average molecular weight is 239 g/mol. The van der Waals surface area contributed by atoms with E-state index in [9.17, 15) is 10.1 Å². The Bertz CT molecular complexity index is 396. The highest BCUT2D eigenvalue weighted by atomic mass is 16.6. The maximum atomic E-state index is 10.9. The monoisotopic (exact) mass is 239 g/mol. The Kier molecular flexibility index (Phi) is 4.84. The number of aromatic nitrogens is 1. The normalized spacial score (nSPS) is 12.2. The molecule has 94 valence electrons. The zero-order chi connectivity index (χ0) is 12.8. The Hall–Kier alpha value is -1.69. The number of nitrogens with zero attached hydrogens (tertiary/aromatic N) is 2. The summed E-state index contributed by atoms with van der Waals surface area (Å²) in [5.41, 5.74) is 0.618. The van der Waals surface area contributed by atoms with Crippen LogP contribution in [0.25, 0.3) is 0 Å². The SMILES string of the molecule is CCOCC(C)Nc1nccc(C)c1[N+](=O)[O-]. The van der Waals surface area contributed by atoms with Crippen molar-refractivity contribution in [3.63, 3.8) is 0 Å². The van der Waals surface area contributed by atoms with Crippen LogP contribution in [0.15, 0.2) is 12.3 Å². The molecule has 1 unspecified atom stereocenters. The highest BCUT2D eigenvalue weighted by Gasteiger charge is 2.19. The van der Waals surface area contributed by atoms with E-state index < -0.39 is 4.92 Å². The van der Waals surface area contributed by atoms with Crippen LogP contribution in [0.2, 0.25) is 0 Å². The fourth-order valence-electron chi connectivity index (χ4n) is 1.46. The fraction of sp³-hybridized carbons (Fsp3) is 0.545. The second kappa shape index (κ2) is 6.15. The molecule has 0 bridgehead atoms. The molecule has 1 heterocycles. The molecule has 0 saturated heterocycles. The van der Waals surface area contributed by atoms with Gasteiger partial charge in [0, 0.05) is 24.4 Å². The van der Waals surface area contributed by atoms with Crippen LogP contribution >= 0.6 is 0 Å². The number of pyridine rings is 1. The first-order chi connectivity index (χ1) is 8.06. The standard InChI is InChI=1S/C11H17N3O3/c1-4-17-7-9(3)13-11-10(14(15)16)8(2)5-6-12-11/h5-6,9H,4,7H2,1-3H3,(H,12,13). The molecule has 0 aliphatic rings. The van der Waals surface area contributed by atoms with E-state index in [4.69, 9.17) is 4.74 Å². The van der Waals surface area contributed by atoms with E-state index in [-0.39, 0.29) is 11.7 Å². The van der Waals surface area contributed by atoms with Crippen molar-refractivity contribution in [2.75, 3.05) is 18.5 Å². The molecule has 0 radical (unpaired) electrons. The number of nitro groups is 1. The summed E-state index contributed by atoms with van der Waals surface area (Å²) in [6, 6.07) is 1.60. The molecule has 17 heavy (non-hydrogen) atoms. The maximum absolute atomic E-state index is 10.9. The second-order valence-corrected chi connectivity index (χ2v) is 3.79. The lowest BCUT2D eigenvalue weighted by Crippen LogP contribution is -2.23. The van der Waals surface area contributed by atoms with Crippen LogP contribution in [0.1, 0.15) is 19.4 Å². The predicted molar refractivity (Wildman–Crippen MR) is 65.2 cm³/mol. The van der Waals surface area contributed by atoms with Crippen LogP contribution in [0, 0.1) is 17.0 Å². The Labute approximate surface area is 100 Å². The molecule has 1 N–H and O–H groups in total. The van der Waals surface area contributed by atoms with Crippen molar-refractivity contribution in [2.24, 2.45) is 0 Å². The van der Waals surface area contributed by atoms with Crippen molar-refractivity contribution in [1.82, 2.24) is 4.98 Å². The first kappa shape index (κ1) is 13.4. The molecule has 0 saturated carbocycles. The summed E-state index contributed by atoms with van der Waals surface area (Å²) >= 11 is 0. The molecule has 1 aromatic rings. The lowest BCUT2D eigenvalue weighted by Gasteiger charge is -2.14. The number of hydrogen-bond donors (Lipinski definition) is 1. The number of aryl methyl sites for hydroxylation is 1. The molecule has 1 rings (SSSR count). The van der Waals surface area contributed by atoms with Crippen LogP contribution in [0.4, 0.5) is 11.5 Å². The quantitative estimate of drug-likeness (QED) is 0.607.